The third-order valence-electron chi connectivity index (χ3n) is 5.04. The number of fused-ring (bicyclic) bond motifs is 1. The van der Waals surface area contributed by atoms with E-state index in [0.717, 1.165) is 18.5 Å². The van der Waals surface area contributed by atoms with Gasteiger partial charge < -0.3 is 4.90 Å². The summed E-state index contributed by atoms with van der Waals surface area (Å²) in [6.07, 6.45) is 2.24. The smallest absolute Gasteiger partial charge is 0.247 e. The minimum Gasteiger partial charge on any atom is -0.313 e. The Hall–Kier alpha value is -2.33. The first-order valence-electron chi connectivity index (χ1n) is 8.87. The zero-order valence-corrected chi connectivity index (χ0v) is 16.1. The Kier molecular flexibility index (Phi) is 5.05. The van der Waals surface area contributed by atoms with Gasteiger partial charge in [-0.25, -0.2) is 0 Å². The molecule has 0 spiro atoms. The molecule has 4 nitrogen and oxygen atoms in total. The van der Waals surface area contributed by atoms with Gasteiger partial charge in [0.2, 0.25) is 11.8 Å². The summed E-state index contributed by atoms with van der Waals surface area (Å²) in [5.74, 6) is -0.395. The van der Waals surface area contributed by atoms with Crippen molar-refractivity contribution >= 4 is 40.5 Å². The maximum Gasteiger partial charge on any atom is 0.247 e. The zero-order chi connectivity index (χ0) is 18.9. The summed E-state index contributed by atoms with van der Waals surface area (Å²) in [6, 6.07) is 14.7. The lowest BCUT2D eigenvalue weighted by Gasteiger charge is -2.31. The van der Waals surface area contributed by atoms with Gasteiger partial charge >= 0.3 is 0 Å². The maximum atomic E-state index is 13.6. The molecule has 0 saturated carbocycles. The van der Waals surface area contributed by atoms with E-state index >= 15 is 0 Å². The largest absolute Gasteiger partial charge is 0.313 e. The van der Waals surface area contributed by atoms with Crippen LogP contribution in [0.3, 0.4) is 0 Å². The zero-order valence-electron chi connectivity index (χ0n) is 15.3. The van der Waals surface area contributed by atoms with Crippen LogP contribution in [0, 0.1) is 5.41 Å². The molecule has 5 heteroatoms. The normalized spacial score (nSPS) is 20.2. The number of nitrogens with zero attached hydrogens (tertiary/aromatic N) is 2. The fourth-order valence-corrected chi connectivity index (χ4v) is 3.63. The second-order valence-electron chi connectivity index (χ2n) is 6.91. The minimum atomic E-state index is -1.12. The summed E-state index contributed by atoms with van der Waals surface area (Å²) in [5, 5.41) is 0.524. The summed E-state index contributed by atoms with van der Waals surface area (Å²) >= 11 is 6.23. The Bertz CT molecular complexity index is 837. The molecule has 2 aromatic carbocycles. The highest BCUT2D eigenvalue weighted by atomic mass is 35.5. The van der Waals surface area contributed by atoms with Crippen LogP contribution >= 0.6 is 11.6 Å². The van der Waals surface area contributed by atoms with Crippen LogP contribution in [-0.2, 0) is 9.59 Å². The molecule has 1 aliphatic rings. The molecule has 2 amide bonds. The van der Waals surface area contributed by atoms with E-state index in [4.69, 9.17) is 11.6 Å². The molecule has 0 bridgehead atoms. The molecule has 1 atom stereocenters. The quantitative estimate of drug-likeness (QED) is 0.696. The predicted octanol–water partition coefficient (Wildman–Crippen LogP) is 5.18. The Labute approximate surface area is 159 Å². The number of amides is 2. The number of unbranched alkanes of at least 4 members (excludes halogenated alkanes) is 1. The van der Waals surface area contributed by atoms with E-state index in [1.807, 2.05) is 30.3 Å². The van der Waals surface area contributed by atoms with E-state index < -0.39 is 5.41 Å². The second-order valence-corrected chi connectivity index (χ2v) is 7.35. The highest BCUT2D eigenvalue weighted by molar-refractivity contribution is 6.31. The van der Waals surface area contributed by atoms with E-state index in [0.29, 0.717) is 22.8 Å². The number of halogens is 1. The average molecular weight is 371 g/mol. The molecule has 0 N–H and O–H groups in total. The van der Waals surface area contributed by atoms with Crippen molar-refractivity contribution in [1.29, 1.82) is 0 Å². The maximum absolute atomic E-state index is 13.6. The van der Waals surface area contributed by atoms with Gasteiger partial charge in [-0.3, -0.25) is 14.5 Å². The van der Waals surface area contributed by atoms with E-state index in [9.17, 15) is 9.59 Å². The van der Waals surface area contributed by atoms with E-state index in [1.165, 1.54) is 0 Å². The third kappa shape index (κ3) is 2.99. The number of para-hydroxylation sites is 1. The summed E-state index contributed by atoms with van der Waals surface area (Å²) in [5.41, 5.74) is 0.917. The molecule has 0 aromatic heterocycles. The standard InChI is InChI=1S/C21H23ClN2O2/c1-4-5-13-21(2)19(25)23(3)17-12-11-15(22)14-18(17)24(20(21)26)16-9-7-6-8-10-16/h6-12,14H,4-5,13H2,1-3H3. The summed E-state index contributed by atoms with van der Waals surface area (Å²) in [7, 11) is 1.72. The molecule has 1 heterocycles. The van der Waals surface area contributed by atoms with Crippen LogP contribution < -0.4 is 9.80 Å². The first kappa shape index (κ1) is 18.5. The molecule has 3 rings (SSSR count). The topological polar surface area (TPSA) is 40.6 Å². The highest BCUT2D eigenvalue weighted by Gasteiger charge is 2.48. The first-order valence-corrected chi connectivity index (χ1v) is 9.25. The van der Waals surface area contributed by atoms with Gasteiger partial charge in [0.15, 0.2) is 0 Å². The Balaban J connectivity index is 2.25. The number of carbonyl (C=O) groups is 2. The van der Waals surface area contributed by atoms with Gasteiger partial charge in [-0.2, -0.15) is 0 Å². The first-order chi connectivity index (χ1) is 12.4. The van der Waals surface area contributed by atoms with Crippen LogP contribution in [0.1, 0.15) is 33.1 Å². The van der Waals surface area contributed by atoms with Crippen molar-refractivity contribution in [2.75, 3.05) is 16.8 Å². The van der Waals surface area contributed by atoms with Crippen molar-refractivity contribution in [2.45, 2.75) is 33.1 Å². The molecule has 0 radical (unpaired) electrons. The van der Waals surface area contributed by atoms with Gasteiger partial charge in [0.25, 0.3) is 0 Å². The van der Waals surface area contributed by atoms with Crippen molar-refractivity contribution in [3.63, 3.8) is 0 Å². The molecular formula is C21H23ClN2O2. The van der Waals surface area contributed by atoms with Crippen molar-refractivity contribution in [3.05, 3.63) is 53.6 Å². The number of anilines is 3. The van der Waals surface area contributed by atoms with Gasteiger partial charge in [-0.05, 0) is 43.7 Å². The number of hydrogen-bond donors (Lipinski definition) is 0. The Morgan fingerprint density at radius 2 is 1.69 bits per heavy atom. The second kappa shape index (κ2) is 7.12. The van der Waals surface area contributed by atoms with Gasteiger partial charge in [-0.1, -0.05) is 49.6 Å². The highest BCUT2D eigenvalue weighted by Crippen LogP contribution is 2.44. The average Bonchev–Trinajstić information content (AvgIpc) is 2.70. The Morgan fingerprint density at radius 1 is 1.00 bits per heavy atom. The van der Waals surface area contributed by atoms with Crippen LogP contribution in [0.2, 0.25) is 5.02 Å². The monoisotopic (exact) mass is 370 g/mol. The van der Waals surface area contributed by atoms with Crippen molar-refractivity contribution < 1.29 is 9.59 Å². The van der Waals surface area contributed by atoms with Gasteiger partial charge in [0, 0.05) is 17.8 Å². The van der Waals surface area contributed by atoms with E-state index in [-0.39, 0.29) is 11.8 Å². The molecule has 26 heavy (non-hydrogen) atoms. The number of benzene rings is 2. The minimum absolute atomic E-state index is 0.182. The van der Waals surface area contributed by atoms with Crippen LogP contribution in [-0.4, -0.2) is 18.9 Å². The van der Waals surface area contributed by atoms with Crippen molar-refractivity contribution in [3.8, 4) is 0 Å². The van der Waals surface area contributed by atoms with Gasteiger partial charge in [0.05, 0.1) is 11.4 Å². The molecule has 136 valence electrons. The SMILES string of the molecule is CCCCC1(C)C(=O)N(C)c2ccc(Cl)cc2N(c2ccccc2)C1=O. The fourth-order valence-electron chi connectivity index (χ4n) is 3.46. The van der Waals surface area contributed by atoms with Crippen molar-refractivity contribution in [2.24, 2.45) is 5.41 Å². The van der Waals surface area contributed by atoms with E-state index in [1.54, 1.807) is 42.0 Å². The summed E-state index contributed by atoms with van der Waals surface area (Å²) < 4.78 is 0. The predicted molar refractivity (Wildman–Crippen MR) is 106 cm³/mol. The number of rotatable bonds is 4. The molecule has 0 fully saturated rings. The molecule has 0 aliphatic carbocycles. The van der Waals surface area contributed by atoms with Gasteiger partial charge in [0.1, 0.15) is 5.41 Å². The third-order valence-corrected chi connectivity index (χ3v) is 5.27. The summed E-state index contributed by atoms with van der Waals surface area (Å²) in [4.78, 5) is 30.1. The lowest BCUT2D eigenvalue weighted by atomic mass is 9.82. The van der Waals surface area contributed by atoms with Crippen molar-refractivity contribution in [1.82, 2.24) is 0 Å². The van der Waals surface area contributed by atoms with Crippen LogP contribution in [0.5, 0.6) is 0 Å². The molecule has 0 saturated heterocycles. The molecule has 2 aromatic rings. The van der Waals surface area contributed by atoms with E-state index in [2.05, 4.69) is 6.92 Å². The summed E-state index contributed by atoms with van der Waals surface area (Å²) in [6.45, 7) is 3.81. The number of hydrogen-bond acceptors (Lipinski definition) is 2. The van der Waals surface area contributed by atoms with Gasteiger partial charge in [-0.15, -0.1) is 0 Å². The molecule has 1 unspecified atom stereocenters. The molecular weight excluding hydrogens is 348 g/mol. The lowest BCUT2D eigenvalue weighted by Crippen LogP contribution is -2.48. The van der Waals surface area contributed by atoms with Crippen LogP contribution in [0.25, 0.3) is 0 Å². The molecule has 1 aliphatic heterocycles. The number of carbonyl (C=O) groups excluding carboxylic acids is 2. The van der Waals surface area contributed by atoms with Crippen LogP contribution in [0.15, 0.2) is 48.5 Å². The lowest BCUT2D eigenvalue weighted by molar-refractivity contribution is -0.138. The fraction of sp³-hybridized carbons (Fsp3) is 0.333. The van der Waals surface area contributed by atoms with Crippen LogP contribution in [0.4, 0.5) is 17.1 Å². The Morgan fingerprint density at radius 3 is 2.35 bits per heavy atom.